The molecule has 2 aromatic heterocycles. The van der Waals surface area contributed by atoms with E-state index in [9.17, 15) is 0 Å². The highest BCUT2D eigenvalue weighted by molar-refractivity contribution is 7.16. The van der Waals surface area contributed by atoms with Gasteiger partial charge in [0.1, 0.15) is 10.6 Å². The number of nitrogens with zero attached hydrogens (tertiary/aromatic N) is 2. The number of hydrogen-bond donors (Lipinski definition) is 2. The van der Waals surface area contributed by atoms with Crippen LogP contribution in [0.5, 0.6) is 0 Å². The van der Waals surface area contributed by atoms with E-state index >= 15 is 0 Å². The molecular formula is C14H14N4S. The summed E-state index contributed by atoms with van der Waals surface area (Å²) in [6.45, 7) is 4.19. The van der Waals surface area contributed by atoms with E-state index in [-0.39, 0.29) is 0 Å². The Balaban J connectivity index is 2.04. The zero-order chi connectivity index (χ0) is 13.4. The number of hydrogen-bond acceptors (Lipinski definition) is 5. The van der Waals surface area contributed by atoms with Crippen LogP contribution in [-0.2, 0) is 0 Å². The van der Waals surface area contributed by atoms with Gasteiger partial charge in [-0.1, -0.05) is 6.07 Å². The van der Waals surface area contributed by atoms with Gasteiger partial charge in [0.15, 0.2) is 0 Å². The van der Waals surface area contributed by atoms with E-state index in [2.05, 4.69) is 41.3 Å². The number of thiophene rings is 1. The Bertz CT molecular complexity index is 748. The Hall–Kier alpha value is -2.14. The van der Waals surface area contributed by atoms with Crippen LogP contribution in [0.4, 0.5) is 17.5 Å². The van der Waals surface area contributed by atoms with Gasteiger partial charge in [0, 0.05) is 5.69 Å². The molecule has 0 saturated heterocycles. The maximum absolute atomic E-state index is 5.74. The van der Waals surface area contributed by atoms with E-state index in [0.717, 1.165) is 21.7 Å². The molecule has 0 spiro atoms. The minimum atomic E-state index is 0.293. The third-order valence-corrected chi connectivity index (χ3v) is 3.92. The highest BCUT2D eigenvalue weighted by Crippen LogP contribution is 2.28. The standard InChI is InChI=1S/C14H14N4S/c1-8-3-4-10(7-9(8)2)16-12-11-5-6-19-13(11)18-14(15)17-12/h3-7H,1-2H3,(H3,15,16,17,18). The van der Waals surface area contributed by atoms with Gasteiger partial charge in [0.05, 0.1) is 5.39 Å². The Kier molecular flexibility index (Phi) is 2.83. The van der Waals surface area contributed by atoms with Crippen molar-refractivity contribution in [3.63, 3.8) is 0 Å². The number of anilines is 3. The second-order valence-electron chi connectivity index (χ2n) is 4.49. The van der Waals surface area contributed by atoms with Crippen molar-refractivity contribution in [2.75, 3.05) is 11.1 Å². The Labute approximate surface area is 115 Å². The molecule has 3 aromatic rings. The van der Waals surface area contributed by atoms with Gasteiger partial charge >= 0.3 is 0 Å². The Morgan fingerprint density at radius 3 is 2.74 bits per heavy atom. The van der Waals surface area contributed by atoms with Gasteiger partial charge in [-0.3, -0.25) is 0 Å². The molecule has 5 heteroatoms. The summed E-state index contributed by atoms with van der Waals surface area (Å²) in [5, 5.41) is 6.31. The van der Waals surface area contributed by atoms with Gasteiger partial charge < -0.3 is 11.1 Å². The van der Waals surface area contributed by atoms with Crippen molar-refractivity contribution in [3.8, 4) is 0 Å². The molecule has 0 amide bonds. The van der Waals surface area contributed by atoms with Crippen molar-refractivity contribution < 1.29 is 0 Å². The number of nitrogens with one attached hydrogen (secondary N) is 1. The molecule has 19 heavy (non-hydrogen) atoms. The van der Waals surface area contributed by atoms with Crippen LogP contribution in [0.15, 0.2) is 29.6 Å². The summed E-state index contributed by atoms with van der Waals surface area (Å²) in [5.41, 5.74) is 9.26. The minimum absolute atomic E-state index is 0.293. The van der Waals surface area contributed by atoms with Crippen molar-refractivity contribution in [1.29, 1.82) is 0 Å². The summed E-state index contributed by atoms with van der Waals surface area (Å²) in [7, 11) is 0. The number of aromatic nitrogens is 2. The molecule has 3 rings (SSSR count). The molecule has 2 heterocycles. The first kappa shape index (κ1) is 11.9. The summed E-state index contributed by atoms with van der Waals surface area (Å²) >= 11 is 1.56. The zero-order valence-electron chi connectivity index (χ0n) is 10.8. The molecule has 96 valence electrons. The lowest BCUT2D eigenvalue weighted by Gasteiger charge is -2.09. The van der Waals surface area contributed by atoms with Gasteiger partial charge in [0.25, 0.3) is 0 Å². The van der Waals surface area contributed by atoms with Gasteiger partial charge in [-0.25, -0.2) is 4.98 Å². The average Bonchev–Trinajstić information content (AvgIpc) is 2.82. The first-order valence-corrected chi connectivity index (χ1v) is 6.86. The predicted molar refractivity (Wildman–Crippen MR) is 81.0 cm³/mol. The van der Waals surface area contributed by atoms with Crippen LogP contribution in [0.25, 0.3) is 10.2 Å². The normalized spacial score (nSPS) is 10.8. The lowest BCUT2D eigenvalue weighted by molar-refractivity contribution is 1.24. The van der Waals surface area contributed by atoms with Crippen LogP contribution in [0, 0.1) is 13.8 Å². The number of benzene rings is 1. The van der Waals surface area contributed by atoms with Crippen molar-refractivity contribution in [2.24, 2.45) is 0 Å². The van der Waals surface area contributed by atoms with Crippen molar-refractivity contribution in [2.45, 2.75) is 13.8 Å². The van der Waals surface area contributed by atoms with E-state index in [1.54, 1.807) is 11.3 Å². The summed E-state index contributed by atoms with van der Waals surface area (Å²) in [6.07, 6.45) is 0. The number of rotatable bonds is 2. The Morgan fingerprint density at radius 1 is 1.11 bits per heavy atom. The molecule has 0 fully saturated rings. The maximum atomic E-state index is 5.74. The highest BCUT2D eigenvalue weighted by Gasteiger charge is 2.07. The fourth-order valence-corrected chi connectivity index (χ4v) is 2.69. The quantitative estimate of drug-likeness (QED) is 0.746. The number of fused-ring (bicyclic) bond motifs is 1. The third kappa shape index (κ3) is 2.24. The summed E-state index contributed by atoms with van der Waals surface area (Å²) in [5.74, 6) is 1.05. The van der Waals surface area contributed by atoms with Crippen LogP contribution in [0.3, 0.4) is 0 Å². The smallest absolute Gasteiger partial charge is 0.223 e. The second-order valence-corrected chi connectivity index (χ2v) is 5.39. The van der Waals surface area contributed by atoms with E-state index in [4.69, 9.17) is 5.73 Å². The fraction of sp³-hybridized carbons (Fsp3) is 0.143. The topological polar surface area (TPSA) is 63.8 Å². The molecular weight excluding hydrogens is 256 g/mol. The molecule has 4 nitrogen and oxygen atoms in total. The molecule has 0 unspecified atom stereocenters. The second kappa shape index (κ2) is 4.51. The monoisotopic (exact) mass is 270 g/mol. The van der Waals surface area contributed by atoms with Crippen LogP contribution in [-0.4, -0.2) is 9.97 Å². The molecule has 3 N–H and O–H groups in total. The third-order valence-electron chi connectivity index (χ3n) is 3.11. The molecule has 0 radical (unpaired) electrons. The lowest BCUT2D eigenvalue weighted by Crippen LogP contribution is -2.00. The first-order chi connectivity index (χ1) is 9.13. The van der Waals surface area contributed by atoms with Crippen LogP contribution in [0.1, 0.15) is 11.1 Å². The molecule has 0 aliphatic rings. The molecule has 0 aliphatic heterocycles. The molecule has 0 saturated carbocycles. The van der Waals surface area contributed by atoms with Gasteiger partial charge in [-0.15, -0.1) is 11.3 Å². The van der Waals surface area contributed by atoms with Gasteiger partial charge in [0.2, 0.25) is 5.95 Å². The van der Waals surface area contributed by atoms with Crippen LogP contribution >= 0.6 is 11.3 Å². The van der Waals surface area contributed by atoms with Crippen molar-refractivity contribution >= 4 is 39.0 Å². The van der Waals surface area contributed by atoms with E-state index in [1.807, 2.05) is 17.5 Å². The SMILES string of the molecule is Cc1ccc(Nc2nc(N)nc3sccc23)cc1C. The number of nitrogen functional groups attached to an aromatic ring is 1. The Morgan fingerprint density at radius 2 is 1.95 bits per heavy atom. The van der Waals surface area contributed by atoms with E-state index in [0.29, 0.717) is 5.95 Å². The van der Waals surface area contributed by atoms with Crippen molar-refractivity contribution in [3.05, 3.63) is 40.8 Å². The largest absolute Gasteiger partial charge is 0.368 e. The fourth-order valence-electron chi connectivity index (χ4n) is 1.92. The molecule has 0 bridgehead atoms. The molecule has 1 aromatic carbocycles. The highest BCUT2D eigenvalue weighted by atomic mass is 32.1. The predicted octanol–water partition coefficient (Wildman–Crippen LogP) is 3.63. The maximum Gasteiger partial charge on any atom is 0.223 e. The summed E-state index contributed by atoms with van der Waals surface area (Å²) in [4.78, 5) is 9.40. The van der Waals surface area contributed by atoms with Gasteiger partial charge in [-0.05, 0) is 48.6 Å². The summed E-state index contributed by atoms with van der Waals surface area (Å²) < 4.78 is 0. The van der Waals surface area contributed by atoms with E-state index in [1.165, 1.54) is 11.1 Å². The molecule has 0 atom stereocenters. The lowest BCUT2D eigenvalue weighted by atomic mass is 10.1. The number of nitrogens with two attached hydrogens (primary N) is 1. The van der Waals surface area contributed by atoms with Crippen LogP contribution in [0.2, 0.25) is 0 Å². The zero-order valence-corrected chi connectivity index (χ0v) is 11.6. The van der Waals surface area contributed by atoms with E-state index < -0.39 is 0 Å². The average molecular weight is 270 g/mol. The molecule has 0 aliphatic carbocycles. The van der Waals surface area contributed by atoms with Gasteiger partial charge in [-0.2, -0.15) is 4.98 Å². The van der Waals surface area contributed by atoms with Crippen molar-refractivity contribution in [1.82, 2.24) is 9.97 Å². The number of aryl methyl sites for hydroxylation is 2. The minimum Gasteiger partial charge on any atom is -0.368 e. The van der Waals surface area contributed by atoms with Crippen LogP contribution < -0.4 is 11.1 Å². The first-order valence-electron chi connectivity index (χ1n) is 5.98. The summed E-state index contributed by atoms with van der Waals surface area (Å²) in [6, 6.07) is 8.24.